The molecule has 0 atom stereocenters. The van der Waals surface area contributed by atoms with Crippen LogP contribution in [-0.2, 0) is 54.7 Å². The lowest BCUT2D eigenvalue weighted by Crippen LogP contribution is -2.35. The molecule has 1 aliphatic rings. The number of thiazole rings is 1. The van der Waals surface area contributed by atoms with Crippen LogP contribution in [0.2, 0.25) is 0 Å². The Balaban J connectivity index is 1.08. The fourth-order valence-corrected chi connectivity index (χ4v) is 24.4. The molecule has 0 unspecified atom stereocenters. The summed E-state index contributed by atoms with van der Waals surface area (Å²) < 4.78 is 1.01. The molecule has 7 aromatic heterocycles. The van der Waals surface area contributed by atoms with E-state index in [1.54, 1.807) is 11.3 Å². The minimum atomic E-state index is -1.49. The summed E-state index contributed by atoms with van der Waals surface area (Å²) in [5.41, 5.74) is 11.2. The molecule has 16 heteroatoms. The maximum Gasteiger partial charge on any atom is 0.336 e. The summed E-state index contributed by atoms with van der Waals surface area (Å²) in [6.07, 6.45) is 41.2. The number of carboxylic acid groups (broad SMARTS) is 2. The van der Waals surface area contributed by atoms with E-state index in [4.69, 9.17) is 6.57 Å². The lowest BCUT2D eigenvalue weighted by Gasteiger charge is -2.33. The van der Waals surface area contributed by atoms with Gasteiger partial charge in [0.1, 0.15) is 11.2 Å². The molecule has 0 radical (unpaired) electrons. The van der Waals surface area contributed by atoms with Crippen LogP contribution >= 0.6 is 91.1 Å². The first-order valence-electron chi connectivity index (χ1n) is 39.1. The van der Waals surface area contributed by atoms with Gasteiger partial charge in [0, 0.05) is 74.9 Å². The standard InChI is InChI=1S/C87H109N3O5S8/c1-9-16-23-30-39-59-51-72(97-70(59)57-77-85(93)90(58-78(91)92)86(103-77)79(88-8)87(94)95)80-62(41-32-25-18-11-3)53-74(99-80)82-64(43-34-27-20-13-5)55-76(101-82)84-65(44-35-28-21-14-6)56-75(102-84)83-63(42-33-26-19-12-4)54-73(100-83)81-61(40-31-24-17-10-2)52-69(98-81)60-47-48-67-71(50-60)96-68-46-37-36-45-66(68)89(67)49-38-29-22-15-7/h36-37,45-48,50-57H,9-35,38-44,49,58H2,1-7H3,(H,91,92)(H,94,95)/b77-57-,86-79-. The summed E-state index contributed by atoms with van der Waals surface area (Å²) >= 11 is 14.6. The van der Waals surface area contributed by atoms with Crippen molar-refractivity contribution in [3.05, 3.63) is 148 Å². The van der Waals surface area contributed by atoms with Crippen molar-refractivity contribution in [1.82, 2.24) is 4.57 Å². The van der Waals surface area contributed by atoms with Gasteiger partial charge in [-0.25, -0.2) is 4.85 Å². The number of thiophene rings is 6. The number of hydrogen-bond acceptors (Lipinski definition) is 12. The second-order valence-corrected chi connectivity index (χ2v) is 36.6. The zero-order valence-corrected chi connectivity index (χ0v) is 68.8. The van der Waals surface area contributed by atoms with E-state index in [0.717, 1.165) is 128 Å². The first kappa shape index (κ1) is 79.9. The summed E-state index contributed by atoms with van der Waals surface area (Å²) in [6, 6.07) is 31.7. The highest BCUT2D eigenvalue weighted by atomic mass is 32.2. The number of anilines is 2. The van der Waals surface area contributed by atoms with Crippen LogP contribution in [0.1, 0.15) is 267 Å². The minimum absolute atomic E-state index is 0.149. The number of rotatable bonds is 45. The van der Waals surface area contributed by atoms with Crippen LogP contribution in [0.5, 0.6) is 0 Å². The number of nitrogens with zero attached hydrogens (tertiary/aromatic N) is 3. The summed E-state index contributed by atoms with van der Waals surface area (Å²) in [5, 5.41) is 19.9. The second-order valence-electron chi connectivity index (χ2n) is 28.1. The zero-order chi connectivity index (χ0) is 72.6. The molecule has 0 aliphatic carbocycles. The molecular formula is C87H109N3O5S8. The minimum Gasteiger partial charge on any atom is -0.486 e. The molecule has 0 fully saturated rings. The van der Waals surface area contributed by atoms with E-state index in [1.807, 2.05) is 51.8 Å². The molecule has 1 aliphatic heterocycles. The van der Waals surface area contributed by atoms with Crippen molar-refractivity contribution in [3.8, 4) is 59.2 Å². The Hall–Kier alpha value is -5.61. The van der Waals surface area contributed by atoms with Gasteiger partial charge in [0.15, 0.2) is 0 Å². The van der Waals surface area contributed by atoms with Crippen molar-refractivity contribution in [2.24, 2.45) is 0 Å². The van der Waals surface area contributed by atoms with Gasteiger partial charge in [0.25, 0.3) is 5.56 Å². The lowest BCUT2D eigenvalue weighted by molar-refractivity contribution is -0.138. The van der Waals surface area contributed by atoms with Gasteiger partial charge in [0.05, 0.1) is 22.5 Å². The Morgan fingerprint density at radius 1 is 0.427 bits per heavy atom. The maximum atomic E-state index is 14.2. The molecule has 10 rings (SSSR count). The van der Waals surface area contributed by atoms with Gasteiger partial charge in [-0.1, -0.05) is 213 Å². The third-order valence-electron chi connectivity index (χ3n) is 19.9. The molecule has 9 aromatic rings. The van der Waals surface area contributed by atoms with E-state index in [0.29, 0.717) is 0 Å². The molecule has 550 valence electrons. The van der Waals surface area contributed by atoms with Gasteiger partial charge < -0.3 is 15.1 Å². The van der Waals surface area contributed by atoms with E-state index in [1.165, 1.54) is 232 Å². The number of para-hydroxylation sites is 1. The predicted octanol–water partition coefficient (Wildman–Crippen LogP) is 27.2. The number of carboxylic acids is 2. The lowest BCUT2D eigenvalue weighted by atomic mass is 10.0. The Morgan fingerprint density at radius 2 is 0.806 bits per heavy atom. The molecule has 0 saturated heterocycles. The van der Waals surface area contributed by atoms with Gasteiger partial charge >= 0.3 is 17.6 Å². The van der Waals surface area contributed by atoms with Crippen molar-refractivity contribution in [1.29, 1.82) is 0 Å². The Morgan fingerprint density at radius 3 is 1.22 bits per heavy atom. The molecule has 0 bridgehead atoms. The quantitative estimate of drug-likeness (QED) is 0.0289. The van der Waals surface area contributed by atoms with Crippen LogP contribution in [-0.4, -0.2) is 33.3 Å². The summed E-state index contributed by atoms with van der Waals surface area (Å²) in [7, 11) is 0. The van der Waals surface area contributed by atoms with Gasteiger partial charge in [0.2, 0.25) is 0 Å². The number of fused-ring (bicyclic) bond motifs is 2. The fraction of sp³-hybridized carbons (Fsp3) is 0.494. The molecule has 103 heavy (non-hydrogen) atoms. The summed E-state index contributed by atoms with van der Waals surface area (Å²) in [4.78, 5) is 63.2. The predicted molar refractivity (Wildman–Crippen MR) is 452 cm³/mol. The number of unbranched alkanes of at least 4 members (excludes halogenated alkanes) is 21. The molecule has 0 saturated carbocycles. The zero-order valence-electron chi connectivity index (χ0n) is 62.3. The third kappa shape index (κ3) is 21.0. The van der Waals surface area contributed by atoms with Crippen molar-refractivity contribution in [2.45, 2.75) is 283 Å². The van der Waals surface area contributed by atoms with Crippen LogP contribution in [0.15, 0.2) is 93.4 Å². The number of aromatic nitrogens is 1. The van der Waals surface area contributed by atoms with E-state index < -0.39 is 29.7 Å². The van der Waals surface area contributed by atoms with Gasteiger partial charge in [-0.05, 0) is 189 Å². The SMILES string of the molecule is [C-]#[N+]/C(C(=O)O)=c1\s/c(=C\c2sc(-c3sc(-c4sc(-c5sc(-c6sc(-c7sc(-c8ccc9c(c8)Sc8ccccc8N9CCCCCC)cc7CCCCCC)cc6CCCCCC)cc5CCCCCC)cc4CCCCCC)cc3CCCCCC)cc2CCCCCC)c(=O)n1CC(=O)O. The van der Waals surface area contributed by atoms with Crippen LogP contribution in [0.3, 0.4) is 0 Å². The molecule has 0 spiro atoms. The van der Waals surface area contributed by atoms with Crippen LogP contribution < -0.4 is 19.7 Å². The Labute approximate surface area is 646 Å². The van der Waals surface area contributed by atoms with Crippen LogP contribution in [0.4, 0.5) is 11.4 Å². The monoisotopic (exact) mass is 1530 g/mol. The Kier molecular flexibility index (Phi) is 31.8. The topological polar surface area (TPSA) is 104 Å². The van der Waals surface area contributed by atoms with Crippen LogP contribution in [0, 0.1) is 6.57 Å². The highest BCUT2D eigenvalue weighted by Crippen LogP contribution is 2.54. The summed E-state index contributed by atoms with van der Waals surface area (Å²) in [5.74, 6) is -2.77. The third-order valence-corrected chi connectivity index (χ3v) is 30.1. The maximum absolute atomic E-state index is 14.2. The van der Waals surface area contributed by atoms with E-state index in [9.17, 15) is 24.6 Å². The van der Waals surface area contributed by atoms with E-state index in [2.05, 4.69) is 160 Å². The van der Waals surface area contributed by atoms with Gasteiger partial charge in [-0.2, -0.15) is 0 Å². The highest BCUT2D eigenvalue weighted by Gasteiger charge is 2.28. The molecule has 2 aromatic carbocycles. The van der Waals surface area contributed by atoms with Gasteiger partial charge in [-0.15, -0.1) is 79.4 Å². The van der Waals surface area contributed by atoms with E-state index in [-0.39, 0.29) is 9.20 Å². The Bertz CT molecular complexity index is 4470. The average Bonchev–Trinajstić information content (AvgIpc) is 1.47. The summed E-state index contributed by atoms with van der Waals surface area (Å²) in [6.45, 7) is 24.1. The number of aliphatic carboxylic acids is 2. The van der Waals surface area contributed by atoms with Gasteiger partial charge in [-0.3, -0.25) is 19.0 Å². The molecular weight excluding hydrogens is 1420 g/mol. The van der Waals surface area contributed by atoms with Crippen LogP contribution in [0.25, 0.3) is 75.8 Å². The largest absolute Gasteiger partial charge is 0.486 e. The first-order valence-corrected chi connectivity index (χ1v) is 45.6. The average molecular weight is 1530 g/mol. The fourth-order valence-electron chi connectivity index (χ4n) is 14.2. The first-order chi connectivity index (χ1) is 50.3. The van der Waals surface area contributed by atoms with E-state index >= 15 is 0 Å². The van der Waals surface area contributed by atoms with Crippen molar-refractivity contribution in [2.75, 3.05) is 11.4 Å². The van der Waals surface area contributed by atoms with Crippen molar-refractivity contribution in [3.63, 3.8) is 0 Å². The molecule has 2 N–H and O–H groups in total. The number of benzene rings is 2. The number of hydrogen-bond donors (Lipinski definition) is 2. The van der Waals surface area contributed by atoms with Crippen molar-refractivity contribution < 1.29 is 19.8 Å². The number of aryl methyl sites for hydroxylation is 6. The van der Waals surface area contributed by atoms with Crippen molar-refractivity contribution >= 4 is 126 Å². The number of carbonyl (C=O) groups is 2. The molecule has 8 heterocycles. The normalized spacial score (nSPS) is 12.6. The second kappa shape index (κ2) is 40.9. The molecule has 8 nitrogen and oxygen atoms in total. The molecule has 0 amide bonds. The smallest absolute Gasteiger partial charge is 0.336 e. The highest BCUT2D eigenvalue weighted by molar-refractivity contribution is 7.99.